The van der Waals surface area contributed by atoms with Crippen molar-refractivity contribution in [3.8, 4) is 0 Å². The van der Waals surface area contributed by atoms with Crippen LogP contribution in [0.1, 0.15) is 26.3 Å². The molecule has 0 bridgehead atoms. The van der Waals surface area contributed by atoms with Crippen molar-refractivity contribution in [1.82, 2.24) is 14.9 Å². The number of nitrogens with one attached hydrogen (secondary N) is 1. The third-order valence-electron chi connectivity index (χ3n) is 4.22. The number of para-hydroxylation sites is 1. The molecule has 1 N–H and O–H groups in total. The average Bonchev–Trinajstić information content (AvgIpc) is 2.91. The largest absolute Gasteiger partial charge is 0.352 e. The molecule has 0 spiro atoms. The van der Waals surface area contributed by atoms with Gasteiger partial charge in [0, 0.05) is 12.1 Å². The summed E-state index contributed by atoms with van der Waals surface area (Å²) in [4.78, 5) is 29.4. The normalized spacial score (nSPS) is 19.1. The fourth-order valence-corrected chi connectivity index (χ4v) is 5.60. The number of aromatic nitrogens is 2. The molecule has 1 aromatic carbocycles. The van der Waals surface area contributed by atoms with Crippen molar-refractivity contribution >= 4 is 38.4 Å². The Hall–Kier alpha value is -1.87. The van der Waals surface area contributed by atoms with Gasteiger partial charge in [-0.05, 0) is 32.4 Å². The number of rotatable bonds is 5. The van der Waals surface area contributed by atoms with Crippen LogP contribution in [-0.2, 0) is 14.6 Å². The van der Waals surface area contributed by atoms with Crippen LogP contribution in [0.15, 0.2) is 34.2 Å². The van der Waals surface area contributed by atoms with Gasteiger partial charge in [0.2, 0.25) is 5.91 Å². The zero-order valence-electron chi connectivity index (χ0n) is 14.6. The monoisotopic (exact) mass is 395 g/mol. The van der Waals surface area contributed by atoms with Gasteiger partial charge in [0.25, 0.3) is 5.56 Å². The molecule has 1 aliphatic heterocycles. The second kappa shape index (κ2) is 7.40. The summed E-state index contributed by atoms with van der Waals surface area (Å²) in [7, 11) is -3.04. The van der Waals surface area contributed by atoms with Gasteiger partial charge in [-0.1, -0.05) is 23.9 Å². The Labute approximate surface area is 156 Å². The maximum Gasteiger partial charge on any atom is 0.262 e. The molecule has 1 aromatic heterocycles. The number of thioether (sulfide) groups is 1. The first-order chi connectivity index (χ1) is 12.3. The van der Waals surface area contributed by atoms with Gasteiger partial charge < -0.3 is 5.32 Å². The predicted octanol–water partition coefficient (Wildman–Crippen LogP) is 1.37. The van der Waals surface area contributed by atoms with E-state index in [-0.39, 0.29) is 40.8 Å². The van der Waals surface area contributed by atoms with Crippen LogP contribution in [-0.4, -0.2) is 47.2 Å². The molecule has 0 unspecified atom stereocenters. The first-order valence-electron chi connectivity index (χ1n) is 8.41. The number of hydrogen-bond acceptors (Lipinski definition) is 6. The zero-order valence-corrected chi connectivity index (χ0v) is 16.3. The van der Waals surface area contributed by atoms with Crippen LogP contribution in [0.3, 0.4) is 0 Å². The molecule has 26 heavy (non-hydrogen) atoms. The quantitative estimate of drug-likeness (QED) is 0.607. The van der Waals surface area contributed by atoms with Crippen LogP contribution in [0, 0.1) is 0 Å². The minimum atomic E-state index is -3.04. The van der Waals surface area contributed by atoms with Crippen molar-refractivity contribution < 1.29 is 13.2 Å². The molecule has 3 rings (SSSR count). The molecule has 0 radical (unpaired) electrons. The highest BCUT2D eigenvalue weighted by Gasteiger charge is 2.29. The third-order valence-corrected chi connectivity index (χ3v) is 6.94. The molecule has 140 valence electrons. The van der Waals surface area contributed by atoms with Gasteiger partial charge in [-0.3, -0.25) is 14.2 Å². The number of benzene rings is 1. The minimum absolute atomic E-state index is 0.00562. The Morgan fingerprint density at radius 2 is 2.12 bits per heavy atom. The van der Waals surface area contributed by atoms with Crippen LogP contribution in [0.25, 0.3) is 10.9 Å². The third kappa shape index (κ3) is 4.09. The zero-order chi connectivity index (χ0) is 18.9. The Morgan fingerprint density at radius 3 is 2.77 bits per heavy atom. The molecule has 1 aliphatic rings. The maximum absolute atomic E-state index is 12.7. The van der Waals surface area contributed by atoms with E-state index in [4.69, 9.17) is 0 Å². The van der Waals surface area contributed by atoms with Crippen LogP contribution >= 0.6 is 11.8 Å². The van der Waals surface area contributed by atoms with E-state index in [9.17, 15) is 18.0 Å². The highest BCUT2D eigenvalue weighted by atomic mass is 32.2. The Kier molecular flexibility index (Phi) is 5.38. The van der Waals surface area contributed by atoms with Gasteiger partial charge in [0.1, 0.15) is 0 Å². The van der Waals surface area contributed by atoms with Gasteiger partial charge in [-0.2, -0.15) is 0 Å². The molecule has 7 nitrogen and oxygen atoms in total. The molecule has 1 fully saturated rings. The van der Waals surface area contributed by atoms with E-state index in [0.29, 0.717) is 22.5 Å². The van der Waals surface area contributed by atoms with Crippen molar-refractivity contribution in [1.29, 1.82) is 0 Å². The summed E-state index contributed by atoms with van der Waals surface area (Å²) in [5.41, 5.74) is 0.467. The van der Waals surface area contributed by atoms with Gasteiger partial charge in [-0.25, -0.2) is 13.4 Å². The molecular weight excluding hydrogens is 374 g/mol. The number of carbonyl (C=O) groups excluding carboxylic acids is 1. The van der Waals surface area contributed by atoms with Gasteiger partial charge in [0.15, 0.2) is 15.0 Å². The Morgan fingerprint density at radius 1 is 1.38 bits per heavy atom. The Balaban J connectivity index is 1.77. The summed E-state index contributed by atoms with van der Waals surface area (Å²) in [5.74, 6) is -0.0677. The molecule has 9 heteroatoms. The van der Waals surface area contributed by atoms with E-state index in [0.717, 1.165) is 0 Å². The maximum atomic E-state index is 12.7. The highest BCUT2D eigenvalue weighted by molar-refractivity contribution is 7.99. The van der Waals surface area contributed by atoms with E-state index >= 15 is 0 Å². The van der Waals surface area contributed by atoms with Crippen molar-refractivity contribution in [3.63, 3.8) is 0 Å². The molecule has 2 aromatic rings. The van der Waals surface area contributed by atoms with Crippen molar-refractivity contribution in [2.45, 2.75) is 37.5 Å². The fraction of sp³-hybridized carbons (Fsp3) is 0.471. The average molecular weight is 396 g/mol. The number of sulfone groups is 1. The number of nitrogens with zero attached hydrogens (tertiary/aromatic N) is 2. The predicted molar refractivity (Wildman–Crippen MR) is 102 cm³/mol. The van der Waals surface area contributed by atoms with Crippen molar-refractivity contribution in [2.24, 2.45) is 0 Å². The van der Waals surface area contributed by atoms with Gasteiger partial charge in [-0.15, -0.1) is 0 Å². The SMILES string of the molecule is CC(C)n1c(SCC(=O)N[C@@H]2CCS(=O)(=O)C2)nc2ccccc2c1=O. The topological polar surface area (TPSA) is 98.1 Å². The lowest BCUT2D eigenvalue weighted by molar-refractivity contribution is -0.119. The first kappa shape index (κ1) is 18.9. The molecule has 0 saturated carbocycles. The minimum Gasteiger partial charge on any atom is -0.352 e. The molecule has 0 aliphatic carbocycles. The lowest BCUT2D eigenvalue weighted by Gasteiger charge is -2.16. The summed E-state index contributed by atoms with van der Waals surface area (Å²) in [5, 5.41) is 3.78. The molecule has 1 atom stereocenters. The van der Waals surface area contributed by atoms with Gasteiger partial charge >= 0.3 is 0 Å². The lowest BCUT2D eigenvalue weighted by atomic mass is 10.2. The highest BCUT2D eigenvalue weighted by Crippen LogP contribution is 2.21. The number of carbonyl (C=O) groups is 1. The van der Waals surface area contributed by atoms with Crippen molar-refractivity contribution in [3.05, 3.63) is 34.6 Å². The van der Waals surface area contributed by atoms with Crippen LogP contribution in [0.4, 0.5) is 0 Å². The number of hydrogen-bond donors (Lipinski definition) is 1. The molecule has 1 saturated heterocycles. The second-order valence-corrected chi connectivity index (χ2v) is 9.81. The summed E-state index contributed by atoms with van der Waals surface area (Å²) in [6.07, 6.45) is 0.448. The molecular formula is C17H21N3O4S2. The van der Waals surface area contributed by atoms with Crippen LogP contribution in [0.2, 0.25) is 0 Å². The van der Waals surface area contributed by atoms with E-state index in [1.807, 2.05) is 19.9 Å². The van der Waals surface area contributed by atoms with E-state index < -0.39 is 9.84 Å². The second-order valence-electron chi connectivity index (χ2n) is 6.64. The fourth-order valence-electron chi connectivity index (χ4n) is 2.99. The summed E-state index contributed by atoms with van der Waals surface area (Å²) >= 11 is 1.19. The van der Waals surface area contributed by atoms with Crippen molar-refractivity contribution in [2.75, 3.05) is 17.3 Å². The summed E-state index contributed by atoms with van der Waals surface area (Å²) in [6, 6.07) is 6.71. The standard InChI is InChI=1S/C17H21N3O4S2/c1-11(2)20-16(22)13-5-3-4-6-14(13)19-17(20)25-9-15(21)18-12-7-8-26(23,24)10-12/h3-6,11-12H,7-10H2,1-2H3,(H,18,21)/t12-/m1/s1. The van der Waals surface area contributed by atoms with E-state index in [1.54, 1.807) is 22.8 Å². The summed E-state index contributed by atoms with van der Waals surface area (Å²) < 4.78 is 24.5. The van der Waals surface area contributed by atoms with Gasteiger partial charge in [0.05, 0.1) is 28.2 Å². The van der Waals surface area contributed by atoms with Crippen LogP contribution in [0.5, 0.6) is 0 Å². The van der Waals surface area contributed by atoms with E-state index in [1.165, 1.54) is 11.8 Å². The molecule has 1 amide bonds. The number of amides is 1. The lowest BCUT2D eigenvalue weighted by Crippen LogP contribution is -2.37. The summed E-state index contributed by atoms with van der Waals surface area (Å²) in [6.45, 7) is 3.79. The first-order valence-corrected chi connectivity index (χ1v) is 11.2. The van der Waals surface area contributed by atoms with E-state index in [2.05, 4.69) is 10.3 Å². The Bertz CT molecular complexity index is 999. The smallest absolute Gasteiger partial charge is 0.262 e. The van der Waals surface area contributed by atoms with Crippen LogP contribution < -0.4 is 10.9 Å². The number of fused-ring (bicyclic) bond motifs is 1. The molecule has 2 heterocycles.